The van der Waals surface area contributed by atoms with Crippen LogP contribution in [0.1, 0.15) is 12.2 Å². The molecule has 3 aromatic rings. The van der Waals surface area contributed by atoms with E-state index in [1.165, 1.54) is 30.8 Å². The summed E-state index contributed by atoms with van der Waals surface area (Å²) in [5.74, 6) is -1.30. The van der Waals surface area contributed by atoms with E-state index in [0.717, 1.165) is 11.8 Å². The fraction of sp³-hybridized carbons (Fsp3) is 0.263. The Balaban J connectivity index is 1.58. The second-order valence-corrected chi connectivity index (χ2v) is 7.64. The van der Waals surface area contributed by atoms with Crippen LogP contribution >= 0.6 is 11.8 Å². The number of nitrogens with one attached hydrogen (secondary N) is 1. The molecule has 2 aromatic heterocycles. The normalized spacial score (nSPS) is 16.5. The maximum atomic E-state index is 13.8. The Morgan fingerprint density at radius 3 is 2.81 bits per heavy atom. The summed E-state index contributed by atoms with van der Waals surface area (Å²) in [5.41, 5.74) is 0.150. The van der Waals surface area contributed by atoms with Crippen molar-refractivity contribution >= 4 is 35.0 Å². The largest absolute Gasteiger partial charge is 0.467 e. The van der Waals surface area contributed by atoms with Crippen molar-refractivity contribution in [3.05, 3.63) is 54.7 Å². The zero-order valence-electron chi connectivity index (χ0n) is 15.9. The van der Waals surface area contributed by atoms with E-state index in [-0.39, 0.29) is 17.1 Å². The number of hydrogen-bond donors (Lipinski definition) is 1. The molecule has 0 aliphatic carbocycles. The van der Waals surface area contributed by atoms with E-state index < -0.39 is 30.5 Å². The van der Waals surface area contributed by atoms with E-state index in [4.69, 9.17) is 4.42 Å². The number of nitrogens with zero attached hydrogens (tertiary/aromatic N) is 4. The van der Waals surface area contributed by atoms with Crippen LogP contribution in [-0.2, 0) is 16.1 Å². The van der Waals surface area contributed by atoms with Crippen LogP contribution < -0.4 is 10.2 Å². The highest BCUT2D eigenvalue weighted by molar-refractivity contribution is 7.99. The summed E-state index contributed by atoms with van der Waals surface area (Å²) in [6, 6.07) is 7.12. The highest BCUT2D eigenvalue weighted by atomic mass is 32.2. The van der Waals surface area contributed by atoms with Gasteiger partial charge in [0, 0.05) is 0 Å². The second kappa shape index (κ2) is 8.46. The van der Waals surface area contributed by atoms with Crippen molar-refractivity contribution in [2.45, 2.75) is 30.3 Å². The number of thioether (sulfide) groups is 1. The number of aromatic nitrogens is 3. The predicted molar refractivity (Wildman–Crippen MR) is 106 cm³/mol. The Bertz CT molecular complexity index is 1080. The molecule has 3 heterocycles. The van der Waals surface area contributed by atoms with Gasteiger partial charge in [-0.1, -0.05) is 23.9 Å². The van der Waals surface area contributed by atoms with Crippen LogP contribution in [-0.4, -0.2) is 44.5 Å². The molecule has 1 N–H and O–H groups in total. The third kappa shape index (κ3) is 4.58. The van der Waals surface area contributed by atoms with E-state index in [9.17, 15) is 22.8 Å². The molecule has 1 aliphatic heterocycles. The second-order valence-electron chi connectivity index (χ2n) is 6.70. The number of carbonyl (C=O) groups is 2. The first-order valence-corrected chi connectivity index (χ1v) is 10.1. The van der Waals surface area contributed by atoms with Crippen molar-refractivity contribution in [1.29, 1.82) is 0 Å². The van der Waals surface area contributed by atoms with Gasteiger partial charge in [-0.3, -0.25) is 14.5 Å². The fourth-order valence-corrected chi connectivity index (χ4v) is 4.00. The van der Waals surface area contributed by atoms with Gasteiger partial charge in [0.05, 0.1) is 36.4 Å². The quantitative estimate of drug-likeness (QED) is 0.599. The number of halogens is 3. The molecule has 12 heteroatoms. The highest BCUT2D eigenvalue weighted by Crippen LogP contribution is 2.38. The summed E-state index contributed by atoms with van der Waals surface area (Å²) >= 11 is 0.956. The van der Waals surface area contributed by atoms with Crippen LogP contribution in [0.25, 0.3) is 0 Å². The Morgan fingerprint density at radius 1 is 1.26 bits per heavy atom. The summed E-state index contributed by atoms with van der Waals surface area (Å²) in [6.07, 6.45) is -2.71. The molecule has 0 radical (unpaired) electrons. The van der Waals surface area contributed by atoms with E-state index in [2.05, 4.69) is 15.5 Å². The number of anilines is 2. The number of alkyl halides is 3. The van der Waals surface area contributed by atoms with Gasteiger partial charge in [-0.2, -0.15) is 13.2 Å². The zero-order valence-corrected chi connectivity index (χ0v) is 16.7. The summed E-state index contributed by atoms with van der Waals surface area (Å²) in [4.78, 5) is 25.7. The summed E-state index contributed by atoms with van der Waals surface area (Å²) in [7, 11) is 0. The van der Waals surface area contributed by atoms with Gasteiger partial charge in [-0.05, 0) is 24.3 Å². The first kappa shape index (κ1) is 21.0. The van der Waals surface area contributed by atoms with E-state index in [1.807, 2.05) is 0 Å². The number of rotatable bonds is 5. The lowest BCUT2D eigenvalue weighted by atomic mass is 10.1. The van der Waals surface area contributed by atoms with Crippen molar-refractivity contribution in [3.63, 3.8) is 0 Å². The molecule has 1 atom stereocenters. The van der Waals surface area contributed by atoms with Gasteiger partial charge in [0.15, 0.2) is 5.16 Å². The van der Waals surface area contributed by atoms with Crippen LogP contribution in [0, 0.1) is 0 Å². The van der Waals surface area contributed by atoms with Gasteiger partial charge in [0.1, 0.15) is 18.1 Å². The molecule has 162 valence electrons. The topological polar surface area (TPSA) is 93.3 Å². The third-order valence-corrected chi connectivity index (χ3v) is 5.55. The lowest BCUT2D eigenvalue weighted by Crippen LogP contribution is -2.50. The molecule has 0 unspecified atom stereocenters. The Labute approximate surface area is 178 Å². The lowest BCUT2D eigenvalue weighted by Gasteiger charge is -2.31. The van der Waals surface area contributed by atoms with Crippen molar-refractivity contribution in [1.82, 2.24) is 14.8 Å². The smallest absolute Gasteiger partial charge is 0.409 e. The predicted octanol–water partition coefficient (Wildman–Crippen LogP) is 3.32. The molecule has 0 bridgehead atoms. The number of furan rings is 1. The van der Waals surface area contributed by atoms with E-state index in [0.29, 0.717) is 22.4 Å². The number of hydrogen-bond acceptors (Lipinski definition) is 6. The van der Waals surface area contributed by atoms with Gasteiger partial charge < -0.3 is 14.3 Å². The number of benzene rings is 1. The minimum Gasteiger partial charge on any atom is -0.467 e. The monoisotopic (exact) mass is 451 g/mol. The summed E-state index contributed by atoms with van der Waals surface area (Å²) in [6.45, 7) is 0.312. The molecule has 0 saturated heterocycles. The highest BCUT2D eigenvalue weighted by Gasteiger charge is 2.48. The van der Waals surface area contributed by atoms with Crippen LogP contribution in [0.5, 0.6) is 0 Å². The number of amides is 2. The molecule has 1 aliphatic rings. The first-order chi connectivity index (χ1) is 14.8. The Hall–Kier alpha value is -3.28. The van der Waals surface area contributed by atoms with Crippen molar-refractivity contribution in [2.75, 3.05) is 16.0 Å². The van der Waals surface area contributed by atoms with Crippen molar-refractivity contribution < 1.29 is 27.2 Å². The molecule has 4 rings (SSSR count). The molecule has 1 aromatic carbocycles. The van der Waals surface area contributed by atoms with E-state index >= 15 is 0 Å². The van der Waals surface area contributed by atoms with Crippen LogP contribution in [0.4, 0.5) is 24.5 Å². The Kier molecular flexibility index (Phi) is 5.72. The third-order valence-electron chi connectivity index (χ3n) is 4.59. The van der Waals surface area contributed by atoms with Gasteiger partial charge in [-0.25, -0.2) is 0 Å². The van der Waals surface area contributed by atoms with Gasteiger partial charge in [0.25, 0.3) is 0 Å². The van der Waals surface area contributed by atoms with Crippen LogP contribution in [0.3, 0.4) is 0 Å². The van der Waals surface area contributed by atoms with Gasteiger partial charge in [0.2, 0.25) is 11.8 Å². The zero-order chi connectivity index (χ0) is 22.0. The van der Waals surface area contributed by atoms with Crippen LogP contribution in [0.15, 0.2) is 58.6 Å². The molecule has 0 spiro atoms. The van der Waals surface area contributed by atoms with Gasteiger partial charge >= 0.3 is 6.18 Å². The minimum atomic E-state index is -4.78. The maximum Gasteiger partial charge on any atom is 0.409 e. The fourth-order valence-electron chi connectivity index (χ4n) is 3.23. The summed E-state index contributed by atoms with van der Waals surface area (Å²) < 4.78 is 48.2. The molecule has 0 fully saturated rings. The standard InChI is InChI=1S/C19H16F3N5O3S/c20-19(21,22)15-8-16(28)24-13-5-1-2-6-14(13)27(15)17(29)10-31-18-25-23-11-26(18)9-12-4-3-7-30-12/h1-7,11,15H,8-10H2,(H,24,28)/t15-/m1/s1. The molecular weight excluding hydrogens is 435 g/mol. The first-order valence-electron chi connectivity index (χ1n) is 9.13. The average molecular weight is 451 g/mol. The molecule has 2 amide bonds. The molecule has 0 saturated carbocycles. The number of carbonyl (C=O) groups excluding carboxylic acids is 2. The molecule has 8 nitrogen and oxygen atoms in total. The molecule has 31 heavy (non-hydrogen) atoms. The van der Waals surface area contributed by atoms with Crippen molar-refractivity contribution in [2.24, 2.45) is 0 Å². The maximum absolute atomic E-state index is 13.8. The lowest BCUT2D eigenvalue weighted by molar-refractivity contribution is -0.157. The number of fused-ring (bicyclic) bond motifs is 1. The van der Waals surface area contributed by atoms with Crippen LogP contribution in [0.2, 0.25) is 0 Å². The van der Waals surface area contributed by atoms with Crippen molar-refractivity contribution in [3.8, 4) is 0 Å². The average Bonchev–Trinajstić information content (AvgIpc) is 3.35. The van der Waals surface area contributed by atoms with Gasteiger partial charge in [-0.15, -0.1) is 10.2 Å². The SMILES string of the molecule is O=C1C[C@H](C(F)(F)F)N(C(=O)CSc2nncn2Cc2ccco2)c2ccccc2N1. The Morgan fingerprint density at radius 2 is 2.06 bits per heavy atom. The molecular formula is C19H16F3N5O3S. The minimum absolute atomic E-state index is 0.00155. The summed E-state index contributed by atoms with van der Waals surface area (Å²) in [5, 5.41) is 10.5. The number of para-hydroxylation sites is 2. The van der Waals surface area contributed by atoms with E-state index in [1.54, 1.807) is 22.8 Å².